The maximum atomic E-state index is 13.3. The number of piperidine rings is 1. The third kappa shape index (κ3) is 4.89. The van der Waals surface area contributed by atoms with Gasteiger partial charge < -0.3 is 19.5 Å². The highest BCUT2D eigenvalue weighted by Gasteiger charge is 2.41. The Kier molecular flexibility index (Phi) is 7.16. The zero-order valence-corrected chi connectivity index (χ0v) is 23.7. The van der Waals surface area contributed by atoms with E-state index in [1.807, 2.05) is 14.0 Å². The third-order valence-electron chi connectivity index (χ3n) is 8.48. The Bertz CT molecular complexity index is 1390. The van der Waals surface area contributed by atoms with Crippen LogP contribution in [0.4, 0.5) is 5.69 Å². The molecule has 202 valence electrons. The Balaban J connectivity index is 1.43. The average Bonchev–Trinajstić information content (AvgIpc) is 3.53. The van der Waals surface area contributed by atoms with Crippen molar-refractivity contribution in [2.24, 2.45) is 13.0 Å². The zero-order chi connectivity index (χ0) is 27.2. The van der Waals surface area contributed by atoms with Crippen LogP contribution < -0.4 is 10.1 Å². The number of nitrogens with zero attached hydrogens (tertiary/aromatic N) is 3. The van der Waals surface area contributed by atoms with Gasteiger partial charge in [0.15, 0.2) is 0 Å². The van der Waals surface area contributed by atoms with E-state index in [2.05, 4.69) is 34.8 Å². The number of hydrogen-bond acceptors (Lipinski definition) is 4. The number of aryl methyl sites for hydroxylation is 2. The Morgan fingerprint density at radius 3 is 2.58 bits per heavy atom. The quantitative estimate of drug-likeness (QED) is 0.405. The molecule has 38 heavy (non-hydrogen) atoms. The van der Waals surface area contributed by atoms with Crippen molar-refractivity contribution >= 4 is 40.1 Å². The molecule has 0 radical (unpaired) electrons. The van der Waals surface area contributed by atoms with Gasteiger partial charge in [-0.15, -0.1) is 0 Å². The largest absolute Gasteiger partial charge is 0.497 e. The summed E-state index contributed by atoms with van der Waals surface area (Å²) in [7, 11) is 3.56. The normalized spacial score (nSPS) is 19.6. The van der Waals surface area contributed by atoms with Crippen LogP contribution in [0.1, 0.15) is 79.8 Å². The van der Waals surface area contributed by atoms with Crippen LogP contribution >= 0.6 is 11.6 Å². The number of nitrogens with one attached hydrogen (secondary N) is 1. The zero-order valence-electron chi connectivity index (χ0n) is 22.9. The first kappa shape index (κ1) is 26.5. The summed E-state index contributed by atoms with van der Waals surface area (Å²) in [5.41, 5.74) is 3.97. The fourth-order valence-electron chi connectivity index (χ4n) is 6.45. The number of benzene rings is 1. The molecule has 2 aromatic heterocycles. The molecule has 1 N–H and O–H groups in total. The van der Waals surface area contributed by atoms with Crippen molar-refractivity contribution in [1.82, 2.24) is 14.5 Å². The summed E-state index contributed by atoms with van der Waals surface area (Å²) >= 11 is 6.18. The van der Waals surface area contributed by atoms with Gasteiger partial charge in [0, 0.05) is 47.2 Å². The second-order valence-corrected chi connectivity index (χ2v) is 11.9. The summed E-state index contributed by atoms with van der Waals surface area (Å²) in [6, 6.07) is 4.96. The number of aromatic nitrogens is 2. The minimum atomic E-state index is -0.271. The minimum absolute atomic E-state index is 0.195. The van der Waals surface area contributed by atoms with E-state index in [9.17, 15) is 9.59 Å². The predicted molar refractivity (Wildman–Crippen MR) is 151 cm³/mol. The molecule has 2 fully saturated rings. The average molecular weight is 537 g/mol. The molecular formula is C30H37ClN4O3. The summed E-state index contributed by atoms with van der Waals surface area (Å²) in [4.78, 5) is 33.3. The molecular weight excluding hydrogens is 500 g/mol. The number of rotatable bonds is 5. The van der Waals surface area contributed by atoms with Crippen LogP contribution in [0, 0.1) is 12.8 Å². The third-order valence-corrected chi connectivity index (χ3v) is 8.70. The number of hydrogen-bond donors (Lipinski definition) is 1. The summed E-state index contributed by atoms with van der Waals surface area (Å²) in [6.07, 6.45) is 10.1. The number of carbonyl (C=O) groups excluding carboxylic acids is 2. The van der Waals surface area contributed by atoms with E-state index in [4.69, 9.17) is 21.3 Å². The topological polar surface area (TPSA) is 76.5 Å². The molecule has 1 aromatic carbocycles. The molecule has 0 spiro atoms. The Labute approximate surface area is 229 Å². The Morgan fingerprint density at radius 2 is 1.89 bits per heavy atom. The van der Waals surface area contributed by atoms with E-state index in [0.717, 1.165) is 48.8 Å². The van der Waals surface area contributed by atoms with Gasteiger partial charge in [0.05, 0.1) is 19.0 Å². The van der Waals surface area contributed by atoms with Gasteiger partial charge >= 0.3 is 0 Å². The van der Waals surface area contributed by atoms with Crippen molar-refractivity contribution in [3.05, 3.63) is 52.3 Å². The Hall–Kier alpha value is -3.06. The van der Waals surface area contributed by atoms with Crippen LogP contribution in [0.2, 0.25) is 5.02 Å². The van der Waals surface area contributed by atoms with Crippen molar-refractivity contribution in [3.63, 3.8) is 0 Å². The summed E-state index contributed by atoms with van der Waals surface area (Å²) in [5, 5.41) is 4.54. The molecule has 8 heteroatoms. The maximum absolute atomic E-state index is 13.3. The number of halogens is 1. The molecule has 1 saturated carbocycles. The summed E-state index contributed by atoms with van der Waals surface area (Å²) < 4.78 is 7.33. The lowest BCUT2D eigenvalue weighted by Gasteiger charge is -2.46. The number of amides is 2. The molecule has 1 atom stereocenters. The van der Waals surface area contributed by atoms with Crippen LogP contribution in [0.15, 0.2) is 30.6 Å². The van der Waals surface area contributed by atoms with E-state index < -0.39 is 0 Å². The van der Waals surface area contributed by atoms with Gasteiger partial charge in [-0.1, -0.05) is 24.4 Å². The van der Waals surface area contributed by atoms with Crippen LogP contribution in [0.25, 0.3) is 11.0 Å². The molecule has 1 aliphatic carbocycles. The van der Waals surface area contributed by atoms with Gasteiger partial charge in [-0.25, -0.2) is 4.98 Å². The van der Waals surface area contributed by atoms with Gasteiger partial charge in [-0.2, -0.15) is 0 Å². The first-order chi connectivity index (χ1) is 18.1. The van der Waals surface area contributed by atoms with Gasteiger partial charge in [0.2, 0.25) is 5.91 Å². The highest BCUT2D eigenvalue weighted by molar-refractivity contribution is 6.31. The van der Waals surface area contributed by atoms with Gasteiger partial charge in [-0.05, 0) is 81.7 Å². The number of pyridine rings is 1. The van der Waals surface area contributed by atoms with Crippen LogP contribution in [-0.2, 0) is 11.8 Å². The number of methoxy groups -OCH3 is 1. The van der Waals surface area contributed by atoms with Crippen molar-refractivity contribution in [1.29, 1.82) is 0 Å². The fraction of sp³-hybridized carbons (Fsp3) is 0.500. The standard InChI is InChI=1S/C30H37ClN4O3/c1-18-25(33-28(36)21-12-22(31)14-23(13-21)38-5)16-32-27-26(18)24(17-34(27)4)20-10-11-35(30(2,3)15-20)29(37)19-8-6-7-9-19/h12-14,16-17,19-20H,6-11,15H2,1-5H3,(H,33,36)/t20-/m1/s1. The van der Waals surface area contributed by atoms with E-state index >= 15 is 0 Å². The second-order valence-electron chi connectivity index (χ2n) is 11.5. The van der Waals surface area contributed by atoms with E-state index in [0.29, 0.717) is 33.8 Å². The van der Waals surface area contributed by atoms with Crippen LogP contribution in [0.3, 0.4) is 0 Å². The molecule has 1 aliphatic heterocycles. The van der Waals surface area contributed by atoms with Crippen LogP contribution in [-0.4, -0.2) is 45.5 Å². The second kappa shape index (κ2) is 10.3. The van der Waals surface area contributed by atoms with Crippen LogP contribution in [0.5, 0.6) is 5.75 Å². The van der Waals surface area contributed by atoms with E-state index in [-0.39, 0.29) is 17.4 Å². The lowest BCUT2D eigenvalue weighted by molar-refractivity contribution is -0.143. The smallest absolute Gasteiger partial charge is 0.255 e. The monoisotopic (exact) mass is 536 g/mol. The predicted octanol–water partition coefficient (Wildman–Crippen LogP) is 6.47. The lowest BCUT2D eigenvalue weighted by Crippen LogP contribution is -2.53. The van der Waals surface area contributed by atoms with Crippen molar-refractivity contribution in [3.8, 4) is 5.75 Å². The number of ether oxygens (including phenoxy) is 1. The van der Waals surface area contributed by atoms with Crippen molar-refractivity contribution in [2.75, 3.05) is 19.0 Å². The Morgan fingerprint density at radius 1 is 1.16 bits per heavy atom. The maximum Gasteiger partial charge on any atom is 0.255 e. The highest BCUT2D eigenvalue weighted by Crippen LogP contribution is 2.43. The lowest BCUT2D eigenvalue weighted by atomic mass is 9.78. The molecule has 2 amide bonds. The summed E-state index contributed by atoms with van der Waals surface area (Å²) in [5.74, 6) is 1.08. The van der Waals surface area contributed by atoms with Gasteiger partial charge in [0.25, 0.3) is 5.91 Å². The van der Waals surface area contributed by atoms with Gasteiger partial charge in [-0.3, -0.25) is 9.59 Å². The fourth-order valence-corrected chi connectivity index (χ4v) is 6.67. The molecule has 2 aliphatic rings. The summed E-state index contributed by atoms with van der Waals surface area (Å²) in [6.45, 7) is 7.20. The molecule has 1 saturated heterocycles. The number of anilines is 1. The molecule has 7 nitrogen and oxygen atoms in total. The van der Waals surface area contributed by atoms with E-state index in [1.54, 1.807) is 31.5 Å². The number of carbonyl (C=O) groups is 2. The van der Waals surface area contributed by atoms with Crippen molar-refractivity contribution in [2.45, 2.75) is 70.8 Å². The molecule has 3 heterocycles. The highest BCUT2D eigenvalue weighted by atomic mass is 35.5. The minimum Gasteiger partial charge on any atom is -0.497 e. The van der Waals surface area contributed by atoms with E-state index in [1.165, 1.54) is 18.4 Å². The number of likely N-dealkylation sites (tertiary alicyclic amines) is 1. The molecule has 0 unspecified atom stereocenters. The first-order valence-corrected chi connectivity index (χ1v) is 13.9. The van der Waals surface area contributed by atoms with Gasteiger partial charge in [0.1, 0.15) is 11.4 Å². The number of fused-ring (bicyclic) bond motifs is 1. The van der Waals surface area contributed by atoms with Crippen molar-refractivity contribution < 1.29 is 14.3 Å². The SMILES string of the molecule is COc1cc(Cl)cc(C(=O)Nc2cnc3c(c([C@@H]4CCN(C(=O)C5CCCC5)C(C)(C)C4)cn3C)c2C)c1. The molecule has 5 rings (SSSR count). The first-order valence-electron chi connectivity index (χ1n) is 13.5. The molecule has 3 aromatic rings. The molecule has 0 bridgehead atoms.